The van der Waals surface area contributed by atoms with Crippen LogP contribution in [0.4, 0.5) is 0 Å². The molecule has 0 bridgehead atoms. The van der Waals surface area contributed by atoms with E-state index in [1.54, 1.807) is 0 Å². The Bertz CT molecular complexity index is 605. The first-order valence-corrected chi connectivity index (χ1v) is 6.83. The van der Waals surface area contributed by atoms with Crippen molar-refractivity contribution in [2.24, 2.45) is 0 Å². The fourth-order valence-corrected chi connectivity index (χ4v) is 2.12. The normalized spacial score (nSPS) is 11.8. The first kappa shape index (κ1) is 14.5. The van der Waals surface area contributed by atoms with Crippen molar-refractivity contribution in [3.63, 3.8) is 0 Å². The van der Waals surface area contributed by atoms with Crippen LogP contribution in [0.3, 0.4) is 0 Å². The first-order chi connectivity index (χ1) is 9.59. The van der Waals surface area contributed by atoms with Gasteiger partial charge in [-0.05, 0) is 24.6 Å². The van der Waals surface area contributed by atoms with E-state index in [0.29, 0.717) is 10.8 Å². The van der Waals surface area contributed by atoms with Gasteiger partial charge in [0.1, 0.15) is 5.75 Å². The number of benzene rings is 2. The molecule has 2 nitrogen and oxygen atoms in total. The first-order valence-electron chi connectivity index (χ1n) is 6.45. The quantitative estimate of drug-likeness (QED) is 0.758. The molecule has 0 saturated heterocycles. The van der Waals surface area contributed by atoms with Crippen molar-refractivity contribution in [3.8, 4) is 5.75 Å². The van der Waals surface area contributed by atoms with Crippen LogP contribution in [0, 0.1) is 0 Å². The summed E-state index contributed by atoms with van der Waals surface area (Å²) in [5, 5.41) is 0.604. The molecule has 2 aromatic rings. The van der Waals surface area contributed by atoms with E-state index in [-0.39, 0.29) is 0 Å². The molecule has 0 amide bonds. The zero-order chi connectivity index (χ0) is 14.5. The van der Waals surface area contributed by atoms with Crippen molar-refractivity contribution in [3.05, 3.63) is 71.1 Å². The lowest BCUT2D eigenvalue weighted by molar-refractivity contribution is 0.284. The maximum absolute atomic E-state index is 6.16. The Kier molecular flexibility index (Phi) is 4.70. The Morgan fingerprint density at radius 2 is 1.55 bits per heavy atom. The minimum atomic E-state index is 0.604. The monoisotopic (exact) mass is 287 g/mol. The lowest BCUT2D eigenvalue weighted by atomic mass is 10.1. The van der Waals surface area contributed by atoms with Gasteiger partial charge in [-0.1, -0.05) is 54.1 Å². The van der Waals surface area contributed by atoms with E-state index in [4.69, 9.17) is 16.3 Å². The van der Waals surface area contributed by atoms with Gasteiger partial charge in [0, 0.05) is 19.7 Å². The molecule has 0 aliphatic heterocycles. The van der Waals surface area contributed by atoms with Crippen LogP contribution < -0.4 is 4.74 Å². The van der Waals surface area contributed by atoms with Gasteiger partial charge in [-0.2, -0.15) is 0 Å². The van der Waals surface area contributed by atoms with Crippen molar-refractivity contribution in [1.29, 1.82) is 0 Å². The number of para-hydroxylation sites is 1. The number of nitrogens with zero attached hydrogens (tertiary/aromatic N) is 1. The molecule has 0 aliphatic carbocycles. The molecule has 3 heteroatoms. The molecule has 0 unspecified atom stereocenters. The summed E-state index contributed by atoms with van der Waals surface area (Å²) in [6, 6.07) is 17.6. The molecule has 104 valence electrons. The predicted octanol–water partition coefficient (Wildman–Crippen LogP) is 4.67. The fourth-order valence-electron chi connectivity index (χ4n) is 1.95. The Morgan fingerprint density at radius 3 is 2.15 bits per heavy atom. The third-order valence-corrected chi connectivity index (χ3v) is 3.29. The molecule has 2 rings (SSSR count). The van der Waals surface area contributed by atoms with Crippen molar-refractivity contribution >= 4 is 17.2 Å². The molecule has 0 fully saturated rings. The van der Waals surface area contributed by atoms with Crippen molar-refractivity contribution in [2.75, 3.05) is 14.1 Å². The second-order valence-corrected chi connectivity index (χ2v) is 5.13. The largest absolute Gasteiger partial charge is 0.439 e. The number of hydrogen-bond donors (Lipinski definition) is 0. The summed E-state index contributed by atoms with van der Waals surface area (Å²) in [5.41, 5.74) is 2.19. The molecule has 0 spiro atoms. The highest BCUT2D eigenvalue weighted by atomic mass is 35.5. The minimum absolute atomic E-state index is 0.604. The summed E-state index contributed by atoms with van der Waals surface area (Å²) in [7, 11) is 3.91. The molecule has 0 aliphatic rings. The molecule has 0 atom stereocenters. The molecule has 0 radical (unpaired) electrons. The summed E-state index contributed by atoms with van der Waals surface area (Å²) in [6.07, 6.45) is 0. The molecule has 0 saturated carbocycles. The highest BCUT2D eigenvalue weighted by Gasteiger charge is 2.11. The SMILES string of the molecule is CC(=C(Oc1ccccc1Cl)N(C)C)c1ccccc1. The third-order valence-electron chi connectivity index (χ3n) is 2.98. The molecule has 0 heterocycles. The standard InChI is InChI=1S/C17H18ClNO/c1-13(14-9-5-4-6-10-14)17(19(2)3)20-16-12-8-7-11-15(16)18/h4-12H,1-3H3. The van der Waals surface area contributed by atoms with Gasteiger partial charge in [-0.15, -0.1) is 0 Å². The van der Waals surface area contributed by atoms with Crippen LogP contribution in [0.25, 0.3) is 5.57 Å². The molecule has 20 heavy (non-hydrogen) atoms. The summed E-state index contributed by atoms with van der Waals surface area (Å²) in [5.74, 6) is 1.44. The molecule has 0 aromatic heterocycles. The lowest BCUT2D eigenvalue weighted by Gasteiger charge is -2.21. The smallest absolute Gasteiger partial charge is 0.199 e. The number of hydrogen-bond acceptors (Lipinski definition) is 2. The van der Waals surface area contributed by atoms with Crippen LogP contribution in [0.1, 0.15) is 12.5 Å². The van der Waals surface area contributed by atoms with Crippen LogP contribution in [0.5, 0.6) is 5.75 Å². The van der Waals surface area contributed by atoms with E-state index < -0.39 is 0 Å². The van der Waals surface area contributed by atoms with Crippen LogP contribution in [0.2, 0.25) is 5.02 Å². The predicted molar refractivity (Wildman–Crippen MR) is 84.8 cm³/mol. The van der Waals surface area contributed by atoms with Crippen LogP contribution >= 0.6 is 11.6 Å². The highest BCUT2D eigenvalue weighted by Crippen LogP contribution is 2.28. The van der Waals surface area contributed by atoms with Gasteiger partial charge in [0.05, 0.1) is 5.02 Å². The maximum atomic E-state index is 6.16. The minimum Gasteiger partial charge on any atom is -0.439 e. The van der Waals surface area contributed by atoms with E-state index in [0.717, 1.165) is 17.0 Å². The Balaban J connectivity index is 2.40. The summed E-state index contributed by atoms with van der Waals surface area (Å²) in [4.78, 5) is 1.95. The molecule has 0 N–H and O–H groups in total. The van der Waals surface area contributed by atoms with E-state index in [2.05, 4.69) is 12.1 Å². The van der Waals surface area contributed by atoms with Crippen LogP contribution in [-0.4, -0.2) is 19.0 Å². The van der Waals surface area contributed by atoms with Crippen LogP contribution in [-0.2, 0) is 0 Å². The Hall–Kier alpha value is -1.93. The molecular weight excluding hydrogens is 270 g/mol. The Labute approximate surface area is 125 Å². The number of halogens is 1. The lowest BCUT2D eigenvalue weighted by Crippen LogP contribution is -2.18. The zero-order valence-electron chi connectivity index (χ0n) is 11.9. The number of ether oxygens (including phenoxy) is 1. The average molecular weight is 288 g/mol. The van der Waals surface area contributed by atoms with Crippen molar-refractivity contribution < 1.29 is 4.74 Å². The maximum Gasteiger partial charge on any atom is 0.199 e. The van der Waals surface area contributed by atoms with E-state index >= 15 is 0 Å². The summed E-state index contributed by atoms with van der Waals surface area (Å²) >= 11 is 6.16. The molecular formula is C17H18ClNO. The summed E-state index contributed by atoms with van der Waals surface area (Å²) < 4.78 is 6.00. The second-order valence-electron chi connectivity index (χ2n) is 4.72. The van der Waals surface area contributed by atoms with Crippen molar-refractivity contribution in [2.45, 2.75) is 6.92 Å². The van der Waals surface area contributed by atoms with Gasteiger partial charge in [0.15, 0.2) is 5.88 Å². The van der Waals surface area contributed by atoms with Crippen LogP contribution in [0.15, 0.2) is 60.5 Å². The van der Waals surface area contributed by atoms with Gasteiger partial charge >= 0.3 is 0 Å². The number of allylic oxidation sites excluding steroid dienone is 1. The van der Waals surface area contributed by atoms with E-state index in [1.807, 2.05) is 68.4 Å². The average Bonchev–Trinajstić information content (AvgIpc) is 2.46. The zero-order valence-corrected chi connectivity index (χ0v) is 12.7. The van der Waals surface area contributed by atoms with Crippen molar-refractivity contribution in [1.82, 2.24) is 4.90 Å². The number of rotatable bonds is 4. The Morgan fingerprint density at radius 1 is 0.950 bits per heavy atom. The van der Waals surface area contributed by atoms with E-state index in [9.17, 15) is 0 Å². The van der Waals surface area contributed by atoms with Gasteiger partial charge in [-0.25, -0.2) is 0 Å². The third kappa shape index (κ3) is 3.34. The van der Waals surface area contributed by atoms with Gasteiger partial charge in [0.25, 0.3) is 0 Å². The van der Waals surface area contributed by atoms with Gasteiger partial charge < -0.3 is 9.64 Å². The second kappa shape index (κ2) is 6.49. The summed E-state index contributed by atoms with van der Waals surface area (Å²) in [6.45, 7) is 2.04. The van der Waals surface area contributed by atoms with Gasteiger partial charge in [-0.3, -0.25) is 0 Å². The van der Waals surface area contributed by atoms with Gasteiger partial charge in [0.2, 0.25) is 0 Å². The molecule has 2 aromatic carbocycles. The highest BCUT2D eigenvalue weighted by molar-refractivity contribution is 6.32. The fraction of sp³-hybridized carbons (Fsp3) is 0.176. The van der Waals surface area contributed by atoms with E-state index in [1.165, 1.54) is 0 Å². The topological polar surface area (TPSA) is 12.5 Å².